The second kappa shape index (κ2) is 8.93. The molecule has 4 atom stereocenters. The molecule has 1 heterocycles. The van der Waals surface area contributed by atoms with Crippen LogP contribution >= 0.6 is 0 Å². The van der Waals surface area contributed by atoms with Gasteiger partial charge >= 0.3 is 5.97 Å². The fourth-order valence-electron chi connectivity index (χ4n) is 6.14. The molecule has 1 aliphatic heterocycles. The van der Waals surface area contributed by atoms with Crippen LogP contribution in [0.3, 0.4) is 0 Å². The average molecular weight is 441 g/mol. The number of benzene rings is 1. The second-order valence-corrected chi connectivity index (χ2v) is 10.2. The normalized spacial score (nSPS) is 32.2. The molecule has 2 aliphatic carbocycles. The summed E-state index contributed by atoms with van der Waals surface area (Å²) < 4.78 is 24.4. The van der Waals surface area contributed by atoms with Crippen molar-refractivity contribution in [3.63, 3.8) is 0 Å². The molecule has 3 aliphatic rings. The minimum Gasteiger partial charge on any atom is -0.458 e. The lowest BCUT2D eigenvalue weighted by Crippen LogP contribution is -2.52. The molecular weight excluding hydrogens is 407 g/mol. The first-order valence-corrected chi connectivity index (χ1v) is 11.6. The monoisotopic (exact) mass is 440 g/mol. The fourth-order valence-corrected chi connectivity index (χ4v) is 6.14. The van der Waals surface area contributed by atoms with Crippen molar-refractivity contribution in [3.05, 3.63) is 58.9 Å². The van der Waals surface area contributed by atoms with Gasteiger partial charge in [-0.3, -0.25) is 4.79 Å². The van der Waals surface area contributed by atoms with Crippen molar-refractivity contribution in [2.24, 2.45) is 22.7 Å². The van der Waals surface area contributed by atoms with Crippen LogP contribution in [-0.4, -0.2) is 25.0 Å². The number of halogens is 1. The van der Waals surface area contributed by atoms with Gasteiger partial charge in [0, 0.05) is 12.0 Å². The van der Waals surface area contributed by atoms with Crippen LogP contribution in [0.25, 0.3) is 0 Å². The van der Waals surface area contributed by atoms with Gasteiger partial charge in [0.15, 0.2) is 5.78 Å². The van der Waals surface area contributed by atoms with E-state index in [1.54, 1.807) is 12.1 Å². The van der Waals surface area contributed by atoms with Gasteiger partial charge in [-0.2, -0.15) is 0 Å². The molecular formula is C27H33FO4. The highest BCUT2D eigenvalue weighted by molar-refractivity contribution is 5.92. The number of fused-ring (bicyclic) bond motifs is 1. The Hall–Kier alpha value is -2.27. The number of esters is 1. The summed E-state index contributed by atoms with van der Waals surface area (Å²) in [6.45, 7) is 8.05. The third-order valence-electron chi connectivity index (χ3n) is 8.43. The van der Waals surface area contributed by atoms with Gasteiger partial charge in [-0.25, -0.2) is 9.18 Å². The van der Waals surface area contributed by atoms with Gasteiger partial charge in [0.2, 0.25) is 0 Å². The lowest BCUT2D eigenvalue weighted by Gasteiger charge is -2.58. The van der Waals surface area contributed by atoms with Crippen molar-refractivity contribution in [1.29, 1.82) is 0 Å². The number of rotatable bonds is 7. The predicted molar refractivity (Wildman–Crippen MR) is 120 cm³/mol. The summed E-state index contributed by atoms with van der Waals surface area (Å²) >= 11 is 0. The largest absolute Gasteiger partial charge is 0.458 e. The number of cyclic esters (lactones) is 1. The van der Waals surface area contributed by atoms with Crippen molar-refractivity contribution in [3.8, 4) is 0 Å². The van der Waals surface area contributed by atoms with Gasteiger partial charge in [-0.15, -0.1) is 0 Å². The molecule has 0 amide bonds. The van der Waals surface area contributed by atoms with Gasteiger partial charge < -0.3 is 9.47 Å². The highest BCUT2D eigenvalue weighted by atomic mass is 19.1. The van der Waals surface area contributed by atoms with Crippen LogP contribution in [0.4, 0.5) is 4.39 Å². The summed E-state index contributed by atoms with van der Waals surface area (Å²) in [5.74, 6) is 0.213. The molecule has 0 N–H and O–H groups in total. The van der Waals surface area contributed by atoms with Crippen molar-refractivity contribution in [2.45, 2.75) is 59.5 Å². The van der Waals surface area contributed by atoms with E-state index in [9.17, 15) is 14.0 Å². The highest BCUT2D eigenvalue weighted by Gasteiger charge is 2.55. The molecule has 0 saturated heterocycles. The van der Waals surface area contributed by atoms with Crippen LogP contribution in [0.2, 0.25) is 0 Å². The van der Waals surface area contributed by atoms with Crippen LogP contribution in [0, 0.1) is 28.5 Å². The Bertz CT molecular complexity index is 947. The van der Waals surface area contributed by atoms with Crippen LogP contribution in [-0.2, 0) is 25.7 Å². The number of ketones is 1. The standard InChI is InChI=1S/C27H33FO4/c1-18-14-23(29)15-24-26(18,2)12-9-21(17-31-16-19-4-6-22(28)7-5-19)27(24,3)11-8-20-10-13-32-25(20)30/h4-7,10,14,21,24H,8-9,11-13,15-17H2,1-3H3/t21-,24+,26+,27+/m0/s1. The van der Waals surface area contributed by atoms with E-state index in [4.69, 9.17) is 9.47 Å². The van der Waals surface area contributed by atoms with Crippen LogP contribution in [0.15, 0.2) is 47.6 Å². The summed E-state index contributed by atoms with van der Waals surface area (Å²) in [5, 5.41) is 0. The molecule has 0 aromatic heterocycles. The molecule has 32 heavy (non-hydrogen) atoms. The van der Waals surface area contributed by atoms with Gasteiger partial charge in [-0.1, -0.05) is 31.6 Å². The molecule has 5 heteroatoms. The summed E-state index contributed by atoms with van der Waals surface area (Å²) in [6.07, 6.45) is 7.77. The molecule has 1 aromatic carbocycles. The van der Waals surface area contributed by atoms with E-state index >= 15 is 0 Å². The maximum Gasteiger partial charge on any atom is 0.334 e. The van der Waals surface area contributed by atoms with E-state index < -0.39 is 0 Å². The van der Waals surface area contributed by atoms with Gasteiger partial charge in [-0.05, 0) is 85.1 Å². The lowest BCUT2D eigenvalue weighted by molar-refractivity contribution is -0.136. The first-order valence-electron chi connectivity index (χ1n) is 11.6. The predicted octanol–water partition coefficient (Wildman–Crippen LogP) is 5.56. The number of ether oxygens (including phenoxy) is 2. The maximum atomic E-state index is 13.2. The molecule has 0 spiro atoms. The minimum absolute atomic E-state index is 0.0132. The van der Waals surface area contributed by atoms with Crippen molar-refractivity contribution < 1.29 is 23.5 Å². The third kappa shape index (κ3) is 4.32. The zero-order valence-electron chi connectivity index (χ0n) is 19.3. The molecule has 1 saturated carbocycles. The van der Waals surface area contributed by atoms with Crippen LogP contribution in [0.5, 0.6) is 0 Å². The molecule has 0 radical (unpaired) electrons. The number of carbonyl (C=O) groups excluding carboxylic acids is 2. The first kappa shape index (κ1) is 22.9. The van der Waals surface area contributed by atoms with Gasteiger partial charge in [0.1, 0.15) is 12.4 Å². The van der Waals surface area contributed by atoms with Crippen LogP contribution in [0.1, 0.15) is 58.4 Å². The van der Waals surface area contributed by atoms with E-state index in [1.165, 1.54) is 17.7 Å². The molecule has 1 fully saturated rings. The molecule has 0 bridgehead atoms. The summed E-state index contributed by atoms with van der Waals surface area (Å²) in [4.78, 5) is 24.6. The van der Waals surface area contributed by atoms with E-state index in [2.05, 4.69) is 20.8 Å². The Morgan fingerprint density at radius 1 is 1.19 bits per heavy atom. The Kier molecular flexibility index (Phi) is 6.39. The van der Waals surface area contributed by atoms with Gasteiger partial charge in [0.05, 0.1) is 13.2 Å². The topological polar surface area (TPSA) is 52.6 Å². The van der Waals surface area contributed by atoms with E-state index in [1.807, 2.05) is 12.2 Å². The summed E-state index contributed by atoms with van der Waals surface area (Å²) in [5.41, 5.74) is 2.71. The Morgan fingerprint density at radius 2 is 1.94 bits per heavy atom. The van der Waals surface area contributed by atoms with Crippen molar-refractivity contribution in [2.75, 3.05) is 13.2 Å². The summed E-state index contributed by atoms with van der Waals surface area (Å²) in [7, 11) is 0. The first-order chi connectivity index (χ1) is 15.2. The molecule has 0 unspecified atom stereocenters. The van der Waals surface area contributed by atoms with E-state index in [-0.39, 0.29) is 40.2 Å². The molecule has 4 rings (SSSR count). The smallest absolute Gasteiger partial charge is 0.334 e. The fraction of sp³-hybridized carbons (Fsp3) is 0.556. The number of carbonyl (C=O) groups is 2. The highest BCUT2D eigenvalue weighted by Crippen LogP contribution is 2.61. The zero-order chi connectivity index (χ0) is 22.9. The SMILES string of the molecule is CC1=CC(=O)C[C@H]2[C@](C)(CCC3=CCOC3=O)[C@H](COCc3ccc(F)cc3)CC[C@]12C. The quantitative estimate of drug-likeness (QED) is 0.521. The Morgan fingerprint density at radius 3 is 2.62 bits per heavy atom. The van der Waals surface area contributed by atoms with Crippen molar-refractivity contribution in [1.82, 2.24) is 0 Å². The van der Waals surface area contributed by atoms with E-state index in [0.717, 1.165) is 30.4 Å². The lowest BCUT2D eigenvalue weighted by atomic mass is 9.46. The zero-order valence-corrected chi connectivity index (χ0v) is 19.3. The minimum atomic E-state index is -0.252. The number of allylic oxidation sites excluding steroid dienone is 2. The average Bonchev–Trinajstić information content (AvgIpc) is 3.17. The third-order valence-corrected chi connectivity index (χ3v) is 8.43. The molecule has 4 nitrogen and oxygen atoms in total. The maximum absolute atomic E-state index is 13.2. The van der Waals surface area contributed by atoms with Crippen LogP contribution < -0.4 is 0 Å². The summed E-state index contributed by atoms with van der Waals surface area (Å²) in [6, 6.07) is 6.40. The van der Waals surface area contributed by atoms with E-state index in [0.29, 0.717) is 32.7 Å². The number of hydrogen-bond donors (Lipinski definition) is 0. The molecule has 1 aromatic rings. The van der Waals surface area contributed by atoms with Crippen molar-refractivity contribution >= 4 is 11.8 Å². The number of hydrogen-bond acceptors (Lipinski definition) is 4. The van der Waals surface area contributed by atoms with Gasteiger partial charge in [0.25, 0.3) is 0 Å². The Balaban J connectivity index is 1.53. The molecule has 172 valence electrons. The Labute approximate surface area is 189 Å². The second-order valence-electron chi connectivity index (χ2n) is 10.2.